The second-order valence-corrected chi connectivity index (χ2v) is 6.34. The Morgan fingerprint density at radius 2 is 2.10 bits per heavy atom. The molecular formula is C15H24N4OS. The smallest absolute Gasteiger partial charge is 0.223 e. The summed E-state index contributed by atoms with van der Waals surface area (Å²) >= 11 is 1.70. The lowest BCUT2D eigenvalue weighted by Crippen LogP contribution is -2.32. The number of carbonyl (C=O) groups excluding carboxylic acids is 1. The number of amides is 1. The zero-order valence-corrected chi connectivity index (χ0v) is 14.1. The van der Waals surface area contributed by atoms with Crippen LogP contribution in [0.3, 0.4) is 0 Å². The SMILES string of the molecule is CCN(CC)C(=O)CCNCc1c(C)nc2sc(C)cn12. The molecule has 0 saturated heterocycles. The molecular weight excluding hydrogens is 284 g/mol. The van der Waals surface area contributed by atoms with Crippen molar-refractivity contribution in [3.63, 3.8) is 0 Å². The first-order valence-electron chi connectivity index (χ1n) is 7.49. The average Bonchev–Trinajstić information content (AvgIpc) is 2.92. The van der Waals surface area contributed by atoms with Crippen molar-refractivity contribution in [1.29, 1.82) is 0 Å². The van der Waals surface area contributed by atoms with Crippen LogP contribution in [0.4, 0.5) is 0 Å². The molecule has 0 bridgehead atoms. The molecule has 0 fully saturated rings. The van der Waals surface area contributed by atoms with Crippen LogP contribution in [0.5, 0.6) is 0 Å². The Bertz CT molecular complexity index is 612. The first-order chi connectivity index (χ1) is 10.1. The summed E-state index contributed by atoms with van der Waals surface area (Å²) < 4.78 is 2.15. The topological polar surface area (TPSA) is 49.6 Å². The Morgan fingerprint density at radius 1 is 1.38 bits per heavy atom. The fraction of sp³-hybridized carbons (Fsp3) is 0.600. The third kappa shape index (κ3) is 3.63. The van der Waals surface area contributed by atoms with Gasteiger partial charge in [-0.3, -0.25) is 9.20 Å². The van der Waals surface area contributed by atoms with Crippen LogP contribution in [0, 0.1) is 13.8 Å². The standard InChI is InChI=1S/C15H24N4OS/c1-5-18(6-2)14(20)7-8-16-9-13-12(4)17-15-19(13)10-11(3)21-15/h10,16H,5-9H2,1-4H3. The number of hydrogen-bond donors (Lipinski definition) is 1. The predicted molar refractivity (Wildman–Crippen MR) is 86.8 cm³/mol. The molecule has 0 aliphatic heterocycles. The lowest BCUT2D eigenvalue weighted by Gasteiger charge is -2.18. The van der Waals surface area contributed by atoms with Gasteiger partial charge >= 0.3 is 0 Å². The van der Waals surface area contributed by atoms with Gasteiger partial charge in [-0.25, -0.2) is 4.98 Å². The Balaban J connectivity index is 1.88. The van der Waals surface area contributed by atoms with E-state index in [2.05, 4.69) is 27.8 Å². The van der Waals surface area contributed by atoms with Crippen molar-refractivity contribution in [3.05, 3.63) is 22.5 Å². The molecule has 0 atom stereocenters. The third-order valence-electron chi connectivity index (χ3n) is 3.67. The molecule has 2 aromatic rings. The second kappa shape index (κ2) is 7.04. The van der Waals surface area contributed by atoms with Gasteiger partial charge in [0.05, 0.1) is 11.4 Å². The number of thiazole rings is 1. The Hall–Kier alpha value is -1.40. The van der Waals surface area contributed by atoms with Crippen LogP contribution in [-0.4, -0.2) is 39.8 Å². The van der Waals surface area contributed by atoms with Crippen molar-refractivity contribution < 1.29 is 4.79 Å². The number of aromatic nitrogens is 2. The molecule has 21 heavy (non-hydrogen) atoms. The van der Waals surface area contributed by atoms with Crippen molar-refractivity contribution in [2.45, 2.75) is 40.7 Å². The first kappa shape index (κ1) is 16.0. The van der Waals surface area contributed by atoms with E-state index in [1.807, 2.05) is 25.7 Å². The molecule has 1 amide bonds. The summed E-state index contributed by atoms with van der Waals surface area (Å²) in [5, 5.41) is 3.36. The Kier molecular flexibility index (Phi) is 5.36. The van der Waals surface area contributed by atoms with E-state index in [-0.39, 0.29) is 5.91 Å². The number of nitrogens with one attached hydrogen (secondary N) is 1. The van der Waals surface area contributed by atoms with Gasteiger partial charge < -0.3 is 10.2 Å². The van der Waals surface area contributed by atoms with E-state index >= 15 is 0 Å². The fourth-order valence-corrected chi connectivity index (χ4v) is 3.35. The van der Waals surface area contributed by atoms with Crippen LogP contribution < -0.4 is 5.32 Å². The molecule has 2 heterocycles. The highest BCUT2D eigenvalue weighted by Gasteiger charge is 2.12. The lowest BCUT2D eigenvalue weighted by atomic mass is 10.3. The molecule has 2 rings (SSSR count). The normalized spacial score (nSPS) is 11.2. The fourth-order valence-electron chi connectivity index (χ4n) is 2.46. The summed E-state index contributed by atoms with van der Waals surface area (Å²) in [6.45, 7) is 11.2. The van der Waals surface area contributed by atoms with Crippen molar-refractivity contribution >= 4 is 22.2 Å². The monoisotopic (exact) mass is 308 g/mol. The van der Waals surface area contributed by atoms with Gasteiger partial charge in [-0.2, -0.15) is 0 Å². The maximum atomic E-state index is 11.9. The Morgan fingerprint density at radius 3 is 2.76 bits per heavy atom. The summed E-state index contributed by atoms with van der Waals surface area (Å²) in [6.07, 6.45) is 2.67. The highest BCUT2D eigenvalue weighted by Crippen LogP contribution is 2.20. The van der Waals surface area contributed by atoms with Gasteiger partial charge in [0.2, 0.25) is 5.91 Å². The highest BCUT2D eigenvalue weighted by molar-refractivity contribution is 7.17. The van der Waals surface area contributed by atoms with Crippen LogP contribution in [0.1, 0.15) is 36.5 Å². The molecule has 0 spiro atoms. The van der Waals surface area contributed by atoms with Crippen molar-refractivity contribution in [3.8, 4) is 0 Å². The van der Waals surface area contributed by atoms with E-state index in [1.165, 1.54) is 10.6 Å². The number of aryl methyl sites for hydroxylation is 2. The van der Waals surface area contributed by atoms with E-state index in [0.29, 0.717) is 13.0 Å². The summed E-state index contributed by atoms with van der Waals surface area (Å²) in [4.78, 5) is 20.7. The molecule has 0 radical (unpaired) electrons. The number of nitrogens with zero attached hydrogens (tertiary/aromatic N) is 3. The minimum absolute atomic E-state index is 0.217. The van der Waals surface area contributed by atoms with Gasteiger partial charge in [-0.1, -0.05) is 0 Å². The minimum atomic E-state index is 0.217. The van der Waals surface area contributed by atoms with Crippen molar-refractivity contribution in [2.75, 3.05) is 19.6 Å². The lowest BCUT2D eigenvalue weighted by molar-refractivity contribution is -0.130. The molecule has 0 aliphatic carbocycles. The van der Waals surface area contributed by atoms with E-state index < -0.39 is 0 Å². The van der Waals surface area contributed by atoms with Gasteiger partial charge in [0.1, 0.15) is 0 Å². The predicted octanol–water partition coefficient (Wildman–Crippen LogP) is 2.36. The largest absolute Gasteiger partial charge is 0.343 e. The summed E-state index contributed by atoms with van der Waals surface area (Å²) in [6, 6.07) is 0. The van der Waals surface area contributed by atoms with Gasteiger partial charge in [0.15, 0.2) is 4.96 Å². The van der Waals surface area contributed by atoms with Crippen molar-refractivity contribution in [2.24, 2.45) is 0 Å². The van der Waals surface area contributed by atoms with Crippen LogP contribution in [0.2, 0.25) is 0 Å². The molecule has 6 heteroatoms. The molecule has 2 aromatic heterocycles. The van der Waals surface area contributed by atoms with E-state index in [0.717, 1.165) is 30.3 Å². The zero-order valence-electron chi connectivity index (χ0n) is 13.3. The van der Waals surface area contributed by atoms with E-state index in [9.17, 15) is 4.79 Å². The number of imidazole rings is 1. The number of rotatable bonds is 7. The van der Waals surface area contributed by atoms with Crippen LogP contribution in [-0.2, 0) is 11.3 Å². The van der Waals surface area contributed by atoms with Gasteiger partial charge in [0, 0.05) is 43.7 Å². The van der Waals surface area contributed by atoms with E-state index in [1.54, 1.807) is 11.3 Å². The van der Waals surface area contributed by atoms with Crippen molar-refractivity contribution in [1.82, 2.24) is 19.6 Å². The van der Waals surface area contributed by atoms with Crippen LogP contribution >= 0.6 is 11.3 Å². The maximum absolute atomic E-state index is 11.9. The minimum Gasteiger partial charge on any atom is -0.343 e. The van der Waals surface area contributed by atoms with Crippen LogP contribution in [0.15, 0.2) is 6.20 Å². The number of hydrogen-bond acceptors (Lipinski definition) is 4. The maximum Gasteiger partial charge on any atom is 0.223 e. The highest BCUT2D eigenvalue weighted by atomic mass is 32.1. The second-order valence-electron chi connectivity index (χ2n) is 5.13. The molecule has 0 aromatic carbocycles. The number of carbonyl (C=O) groups is 1. The summed E-state index contributed by atoms with van der Waals surface area (Å²) in [5.74, 6) is 0.217. The Labute approximate surface area is 130 Å². The first-order valence-corrected chi connectivity index (χ1v) is 8.30. The van der Waals surface area contributed by atoms with Gasteiger partial charge in [-0.05, 0) is 27.7 Å². The van der Waals surface area contributed by atoms with Gasteiger partial charge in [0.25, 0.3) is 0 Å². The summed E-state index contributed by atoms with van der Waals surface area (Å²) in [7, 11) is 0. The zero-order chi connectivity index (χ0) is 15.4. The molecule has 1 N–H and O–H groups in total. The molecule has 5 nitrogen and oxygen atoms in total. The van der Waals surface area contributed by atoms with Gasteiger partial charge in [-0.15, -0.1) is 11.3 Å². The number of fused-ring (bicyclic) bond motifs is 1. The van der Waals surface area contributed by atoms with Crippen LogP contribution in [0.25, 0.3) is 4.96 Å². The average molecular weight is 308 g/mol. The molecule has 116 valence electrons. The summed E-state index contributed by atoms with van der Waals surface area (Å²) in [5.41, 5.74) is 2.24. The van der Waals surface area contributed by atoms with E-state index in [4.69, 9.17) is 0 Å². The molecule has 0 aliphatic rings. The molecule has 0 unspecified atom stereocenters. The quantitative estimate of drug-likeness (QED) is 0.799. The third-order valence-corrected chi connectivity index (χ3v) is 4.56. The molecule has 0 saturated carbocycles.